The molecule has 0 aliphatic carbocycles. The molecule has 176 valence electrons. The van der Waals surface area contributed by atoms with Crippen LogP contribution in [0.15, 0.2) is 78.9 Å². The molecule has 1 unspecified atom stereocenters. The lowest BCUT2D eigenvalue weighted by molar-refractivity contribution is -0.122. The first-order valence-electron chi connectivity index (χ1n) is 11.7. The minimum Gasteiger partial charge on any atom is -0.396 e. The first kappa shape index (κ1) is 24.1. The molecule has 5 nitrogen and oxygen atoms in total. The van der Waals surface area contributed by atoms with Crippen molar-refractivity contribution in [3.8, 4) is 0 Å². The fourth-order valence-corrected chi connectivity index (χ4v) is 4.78. The van der Waals surface area contributed by atoms with Crippen molar-refractivity contribution in [2.45, 2.75) is 25.3 Å². The largest absolute Gasteiger partial charge is 0.396 e. The summed E-state index contributed by atoms with van der Waals surface area (Å²) in [5.41, 5.74) is 2.25. The van der Waals surface area contributed by atoms with Crippen LogP contribution >= 0.6 is 11.6 Å². The molecule has 34 heavy (non-hydrogen) atoms. The minimum atomic E-state index is -0.480. The van der Waals surface area contributed by atoms with Gasteiger partial charge in [-0.25, -0.2) is 0 Å². The second kappa shape index (κ2) is 11.4. The highest BCUT2D eigenvalue weighted by molar-refractivity contribution is 6.31. The van der Waals surface area contributed by atoms with Gasteiger partial charge in [0, 0.05) is 22.8 Å². The van der Waals surface area contributed by atoms with E-state index in [9.17, 15) is 14.7 Å². The van der Waals surface area contributed by atoms with Crippen LogP contribution in [-0.2, 0) is 4.79 Å². The molecule has 0 radical (unpaired) electrons. The SMILES string of the molecule is O=C(c1ccccc1)c1cc(Cl)ccc1NC(=O)C(c1ccccc1)N1CCC(CCO)CC1. The van der Waals surface area contributed by atoms with Gasteiger partial charge in [-0.15, -0.1) is 0 Å². The van der Waals surface area contributed by atoms with Crippen LogP contribution in [0.25, 0.3) is 0 Å². The molecule has 0 aromatic heterocycles. The Hall–Kier alpha value is -2.99. The molecule has 6 heteroatoms. The van der Waals surface area contributed by atoms with Crippen molar-refractivity contribution in [3.63, 3.8) is 0 Å². The summed E-state index contributed by atoms with van der Waals surface area (Å²) < 4.78 is 0. The van der Waals surface area contributed by atoms with Gasteiger partial charge in [-0.2, -0.15) is 0 Å². The highest BCUT2D eigenvalue weighted by atomic mass is 35.5. The Kier molecular flexibility index (Phi) is 8.12. The van der Waals surface area contributed by atoms with E-state index in [4.69, 9.17) is 11.6 Å². The number of carbonyl (C=O) groups is 2. The lowest BCUT2D eigenvalue weighted by atomic mass is 9.91. The van der Waals surface area contributed by atoms with E-state index in [-0.39, 0.29) is 18.3 Å². The van der Waals surface area contributed by atoms with E-state index in [1.165, 1.54) is 0 Å². The molecule has 1 atom stereocenters. The number of hydrogen-bond donors (Lipinski definition) is 2. The summed E-state index contributed by atoms with van der Waals surface area (Å²) in [4.78, 5) is 29.1. The van der Waals surface area contributed by atoms with Crippen LogP contribution in [-0.4, -0.2) is 41.4 Å². The first-order valence-corrected chi connectivity index (χ1v) is 12.0. The zero-order valence-corrected chi connectivity index (χ0v) is 19.7. The number of aliphatic hydroxyl groups excluding tert-OH is 1. The summed E-state index contributed by atoms with van der Waals surface area (Å²) >= 11 is 6.21. The topological polar surface area (TPSA) is 69.6 Å². The number of ketones is 1. The number of likely N-dealkylation sites (tertiary alicyclic amines) is 1. The number of anilines is 1. The molecule has 1 amide bonds. The standard InChI is InChI=1S/C28H29ClN2O3/c29-23-11-12-25(24(19-23)27(33)22-9-5-2-6-10-22)30-28(34)26(21-7-3-1-4-8-21)31-16-13-20(14-17-31)15-18-32/h1-12,19-20,26,32H,13-18H2,(H,30,34). The quantitative estimate of drug-likeness (QED) is 0.430. The highest BCUT2D eigenvalue weighted by Gasteiger charge is 2.31. The highest BCUT2D eigenvalue weighted by Crippen LogP contribution is 2.31. The second-order valence-electron chi connectivity index (χ2n) is 8.68. The number of amides is 1. The molecule has 1 heterocycles. The van der Waals surface area contributed by atoms with E-state index in [0.29, 0.717) is 27.8 Å². The molecule has 1 aliphatic heterocycles. The maximum absolute atomic E-state index is 13.7. The Morgan fingerprint density at radius 2 is 1.62 bits per heavy atom. The summed E-state index contributed by atoms with van der Waals surface area (Å²) in [6.07, 6.45) is 2.68. The van der Waals surface area contributed by atoms with Crippen molar-refractivity contribution < 1.29 is 14.7 Å². The summed E-state index contributed by atoms with van der Waals surface area (Å²) in [7, 11) is 0. The Morgan fingerprint density at radius 1 is 0.971 bits per heavy atom. The molecule has 0 spiro atoms. The van der Waals surface area contributed by atoms with Gasteiger partial charge in [-0.1, -0.05) is 72.3 Å². The molecule has 0 saturated carbocycles. The van der Waals surface area contributed by atoms with E-state index in [2.05, 4.69) is 10.2 Å². The van der Waals surface area contributed by atoms with Gasteiger partial charge in [0.25, 0.3) is 0 Å². The molecule has 1 aliphatic rings. The summed E-state index contributed by atoms with van der Waals surface area (Å²) in [6.45, 7) is 1.74. The van der Waals surface area contributed by atoms with Gasteiger partial charge in [0.05, 0.1) is 5.69 Å². The number of halogens is 1. The maximum Gasteiger partial charge on any atom is 0.246 e. The fourth-order valence-electron chi connectivity index (χ4n) is 4.61. The number of nitrogens with zero attached hydrogens (tertiary/aromatic N) is 1. The van der Waals surface area contributed by atoms with E-state index in [1.807, 2.05) is 48.5 Å². The van der Waals surface area contributed by atoms with Crippen molar-refractivity contribution in [1.82, 2.24) is 4.90 Å². The lowest BCUT2D eigenvalue weighted by Gasteiger charge is -2.37. The van der Waals surface area contributed by atoms with Gasteiger partial charge in [-0.3, -0.25) is 14.5 Å². The molecule has 0 bridgehead atoms. The Balaban J connectivity index is 1.61. The van der Waals surface area contributed by atoms with Crippen molar-refractivity contribution in [2.75, 3.05) is 25.0 Å². The molecule has 3 aromatic rings. The van der Waals surface area contributed by atoms with Crippen LogP contribution in [0.3, 0.4) is 0 Å². The molecule has 1 fully saturated rings. The Labute approximate surface area is 205 Å². The van der Waals surface area contributed by atoms with E-state index in [0.717, 1.165) is 37.9 Å². The molecule has 1 saturated heterocycles. The third-order valence-electron chi connectivity index (χ3n) is 6.44. The average Bonchev–Trinajstić information content (AvgIpc) is 2.87. The zero-order valence-electron chi connectivity index (χ0n) is 19.0. The molecular formula is C28H29ClN2O3. The van der Waals surface area contributed by atoms with Crippen LogP contribution in [0.2, 0.25) is 5.02 Å². The Bertz CT molecular complexity index is 1110. The van der Waals surface area contributed by atoms with Gasteiger partial charge in [0.15, 0.2) is 5.78 Å². The fraction of sp³-hybridized carbons (Fsp3) is 0.286. The summed E-state index contributed by atoms with van der Waals surface area (Å²) in [6, 6.07) is 23.2. The third kappa shape index (κ3) is 5.73. The van der Waals surface area contributed by atoms with Crippen molar-refractivity contribution in [3.05, 3.63) is 101 Å². The maximum atomic E-state index is 13.7. The third-order valence-corrected chi connectivity index (χ3v) is 6.67. The number of aliphatic hydroxyl groups is 1. The van der Waals surface area contributed by atoms with E-state index >= 15 is 0 Å². The number of nitrogens with one attached hydrogen (secondary N) is 1. The zero-order chi connectivity index (χ0) is 23.9. The lowest BCUT2D eigenvalue weighted by Crippen LogP contribution is -2.42. The van der Waals surface area contributed by atoms with Crippen LogP contribution in [0.5, 0.6) is 0 Å². The van der Waals surface area contributed by atoms with E-state index in [1.54, 1.807) is 30.3 Å². The monoisotopic (exact) mass is 476 g/mol. The van der Waals surface area contributed by atoms with E-state index < -0.39 is 6.04 Å². The summed E-state index contributed by atoms with van der Waals surface area (Å²) in [5.74, 6) is 0.0998. The molecule has 3 aromatic carbocycles. The van der Waals surface area contributed by atoms with Gasteiger partial charge in [0.2, 0.25) is 5.91 Å². The van der Waals surface area contributed by atoms with Gasteiger partial charge < -0.3 is 10.4 Å². The molecule has 2 N–H and O–H groups in total. The molecular weight excluding hydrogens is 448 g/mol. The van der Waals surface area contributed by atoms with Crippen molar-refractivity contribution in [2.24, 2.45) is 5.92 Å². The smallest absolute Gasteiger partial charge is 0.246 e. The van der Waals surface area contributed by atoms with Crippen LogP contribution < -0.4 is 5.32 Å². The van der Waals surface area contributed by atoms with Crippen molar-refractivity contribution >= 4 is 29.0 Å². The minimum absolute atomic E-state index is 0.184. The number of hydrogen-bond acceptors (Lipinski definition) is 4. The summed E-state index contributed by atoms with van der Waals surface area (Å²) in [5, 5.41) is 12.7. The van der Waals surface area contributed by atoms with Gasteiger partial charge in [0.1, 0.15) is 6.04 Å². The van der Waals surface area contributed by atoms with Gasteiger partial charge in [-0.05, 0) is 62.0 Å². The number of rotatable bonds is 8. The average molecular weight is 477 g/mol. The van der Waals surface area contributed by atoms with Crippen LogP contribution in [0.4, 0.5) is 5.69 Å². The number of benzene rings is 3. The number of piperidine rings is 1. The Morgan fingerprint density at radius 3 is 2.26 bits per heavy atom. The first-order chi connectivity index (χ1) is 16.6. The molecule has 4 rings (SSSR count). The second-order valence-corrected chi connectivity index (χ2v) is 9.12. The predicted octanol–water partition coefficient (Wildman–Crippen LogP) is 5.35. The predicted molar refractivity (Wildman–Crippen MR) is 135 cm³/mol. The number of carbonyl (C=O) groups excluding carboxylic acids is 2. The van der Waals surface area contributed by atoms with Crippen LogP contribution in [0, 0.1) is 5.92 Å². The normalized spacial score (nSPS) is 15.6. The van der Waals surface area contributed by atoms with Gasteiger partial charge >= 0.3 is 0 Å². The van der Waals surface area contributed by atoms with Crippen LogP contribution in [0.1, 0.15) is 46.8 Å². The van der Waals surface area contributed by atoms with Crippen molar-refractivity contribution in [1.29, 1.82) is 0 Å².